The summed E-state index contributed by atoms with van der Waals surface area (Å²) in [5.74, 6) is 1.37. The van der Waals surface area contributed by atoms with Gasteiger partial charge in [-0.3, -0.25) is 9.69 Å². The van der Waals surface area contributed by atoms with E-state index in [0.29, 0.717) is 35.5 Å². The summed E-state index contributed by atoms with van der Waals surface area (Å²) in [5, 5.41) is 7.05. The molecule has 2 heterocycles. The average molecular weight is 456 g/mol. The van der Waals surface area contributed by atoms with E-state index in [1.165, 1.54) is 6.42 Å². The summed E-state index contributed by atoms with van der Waals surface area (Å²) in [6.45, 7) is 3.49. The van der Waals surface area contributed by atoms with Crippen LogP contribution in [0.1, 0.15) is 49.8 Å². The average Bonchev–Trinajstić information content (AvgIpc) is 3.25. The molecule has 0 spiro atoms. The van der Waals surface area contributed by atoms with Gasteiger partial charge in [-0.05, 0) is 44.5 Å². The fourth-order valence-electron chi connectivity index (χ4n) is 4.57. The molecule has 0 aromatic heterocycles. The monoisotopic (exact) mass is 455 g/mol. The molecule has 1 amide bonds. The highest BCUT2D eigenvalue weighted by atomic mass is 35.5. The Bertz CT molecular complexity index is 1010. The summed E-state index contributed by atoms with van der Waals surface area (Å²) in [5.41, 5.74) is 2.56. The van der Waals surface area contributed by atoms with Gasteiger partial charge in [-0.1, -0.05) is 36.2 Å². The smallest absolute Gasteiger partial charge is 0.257 e. The van der Waals surface area contributed by atoms with Crippen LogP contribution in [0.15, 0.2) is 47.6 Å². The number of hydrogen-bond donors (Lipinski definition) is 0. The molecule has 0 N–H and O–H groups in total. The minimum absolute atomic E-state index is 0.0105. The predicted octanol–water partition coefficient (Wildman–Crippen LogP) is 4.91. The normalized spacial score (nSPS) is 21.4. The molecular weight excluding hydrogens is 426 g/mol. The molecule has 2 aliphatic heterocycles. The summed E-state index contributed by atoms with van der Waals surface area (Å²) in [7, 11) is 3.25. The lowest BCUT2D eigenvalue weighted by atomic mass is 9.97. The Hall–Kier alpha value is -2.57. The lowest BCUT2D eigenvalue weighted by molar-refractivity contribution is -0.135. The largest absolute Gasteiger partial charge is 0.497 e. The van der Waals surface area contributed by atoms with Crippen molar-refractivity contribution in [3.63, 3.8) is 0 Å². The van der Waals surface area contributed by atoms with Gasteiger partial charge in [-0.25, -0.2) is 5.01 Å². The summed E-state index contributed by atoms with van der Waals surface area (Å²) in [4.78, 5) is 15.8. The summed E-state index contributed by atoms with van der Waals surface area (Å²) in [6.07, 6.45) is 4.03. The molecule has 0 aliphatic carbocycles. The molecular formula is C25H30ClN3O3. The van der Waals surface area contributed by atoms with Gasteiger partial charge in [0.25, 0.3) is 5.91 Å². The third kappa shape index (κ3) is 4.62. The standard InChI is InChI=1S/C25H30ClN3O3/c1-17-8-6-7-13-28(17)16-25(30)29-23(20-12-11-18(31-2)14-24(20)32-3)15-22(27-29)19-9-4-5-10-21(19)26/h4-5,9-12,14,17,23H,6-8,13,15-16H2,1-3H3/t17-,23+/m0/s1. The minimum atomic E-state index is -0.269. The molecule has 1 saturated heterocycles. The molecule has 7 heteroatoms. The quantitative estimate of drug-likeness (QED) is 0.621. The van der Waals surface area contributed by atoms with Crippen molar-refractivity contribution in [1.29, 1.82) is 0 Å². The van der Waals surface area contributed by atoms with Crippen molar-refractivity contribution in [2.45, 2.75) is 44.7 Å². The third-order valence-corrected chi connectivity index (χ3v) is 6.76. The zero-order chi connectivity index (χ0) is 22.7. The Balaban J connectivity index is 1.68. The topological polar surface area (TPSA) is 54.4 Å². The van der Waals surface area contributed by atoms with Crippen LogP contribution in [0.25, 0.3) is 0 Å². The van der Waals surface area contributed by atoms with E-state index < -0.39 is 0 Å². The lowest BCUT2D eigenvalue weighted by Crippen LogP contribution is -2.44. The van der Waals surface area contributed by atoms with E-state index >= 15 is 0 Å². The SMILES string of the molecule is COc1ccc([C@H]2CC(c3ccccc3Cl)=NN2C(=O)CN2CCCC[C@@H]2C)c(OC)c1. The second-order valence-corrected chi connectivity index (χ2v) is 8.82. The van der Waals surface area contributed by atoms with E-state index in [0.717, 1.165) is 36.2 Å². The Morgan fingerprint density at radius 1 is 1.16 bits per heavy atom. The summed E-state index contributed by atoms with van der Waals surface area (Å²) < 4.78 is 11.0. The van der Waals surface area contributed by atoms with Gasteiger partial charge in [0.15, 0.2) is 0 Å². The van der Waals surface area contributed by atoms with Crippen LogP contribution in [0.4, 0.5) is 0 Å². The Morgan fingerprint density at radius 2 is 1.97 bits per heavy atom. The van der Waals surface area contributed by atoms with Crippen LogP contribution < -0.4 is 9.47 Å². The minimum Gasteiger partial charge on any atom is -0.497 e. The fourth-order valence-corrected chi connectivity index (χ4v) is 4.82. The summed E-state index contributed by atoms with van der Waals surface area (Å²) >= 11 is 6.46. The third-order valence-electron chi connectivity index (χ3n) is 6.43. The number of carbonyl (C=O) groups is 1. The van der Waals surface area contributed by atoms with Crippen molar-refractivity contribution in [1.82, 2.24) is 9.91 Å². The highest BCUT2D eigenvalue weighted by molar-refractivity contribution is 6.34. The summed E-state index contributed by atoms with van der Waals surface area (Å²) in [6, 6.07) is 13.5. The molecule has 170 valence electrons. The zero-order valence-electron chi connectivity index (χ0n) is 18.9. The van der Waals surface area contributed by atoms with Crippen molar-refractivity contribution in [2.75, 3.05) is 27.3 Å². The number of ether oxygens (including phenoxy) is 2. The molecule has 2 aliphatic rings. The van der Waals surface area contributed by atoms with Crippen LogP contribution in [0.2, 0.25) is 5.02 Å². The lowest BCUT2D eigenvalue weighted by Gasteiger charge is -2.34. The number of nitrogens with zero attached hydrogens (tertiary/aromatic N) is 3. The number of rotatable bonds is 6. The van der Waals surface area contributed by atoms with E-state index in [-0.39, 0.29) is 11.9 Å². The molecule has 32 heavy (non-hydrogen) atoms. The second kappa shape index (κ2) is 9.92. The van der Waals surface area contributed by atoms with Gasteiger partial charge in [0.05, 0.1) is 32.5 Å². The molecule has 0 radical (unpaired) electrons. The number of methoxy groups -OCH3 is 2. The zero-order valence-corrected chi connectivity index (χ0v) is 19.6. The highest BCUT2D eigenvalue weighted by Crippen LogP contribution is 2.40. The Labute approximate surface area is 194 Å². The number of carbonyl (C=O) groups excluding carboxylic acids is 1. The van der Waals surface area contributed by atoms with Crippen molar-refractivity contribution < 1.29 is 14.3 Å². The Kier molecular flexibility index (Phi) is 7.01. The van der Waals surface area contributed by atoms with E-state index in [1.807, 2.05) is 42.5 Å². The van der Waals surface area contributed by atoms with E-state index in [4.69, 9.17) is 26.2 Å². The first-order chi connectivity index (χ1) is 15.5. The van der Waals surface area contributed by atoms with Gasteiger partial charge in [0, 0.05) is 34.7 Å². The molecule has 2 aromatic carbocycles. The van der Waals surface area contributed by atoms with Crippen LogP contribution in [-0.4, -0.2) is 54.9 Å². The van der Waals surface area contributed by atoms with Gasteiger partial charge in [0.1, 0.15) is 11.5 Å². The molecule has 0 unspecified atom stereocenters. The number of hydrogen-bond acceptors (Lipinski definition) is 5. The van der Waals surface area contributed by atoms with Crippen LogP contribution in [0.3, 0.4) is 0 Å². The highest BCUT2D eigenvalue weighted by Gasteiger charge is 2.36. The maximum absolute atomic E-state index is 13.5. The van der Waals surface area contributed by atoms with Crippen LogP contribution in [0, 0.1) is 0 Å². The number of hydrazone groups is 1. The molecule has 2 aromatic rings. The van der Waals surface area contributed by atoms with Gasteiger partial charge >= 0.3 is 0 Å². The maximum atomic E-state index is 13.5. The number of amides is 1. The van der Waals surface area contributed by atoms with Gasteiger partial charge in [0.2, 0.25) is 0 Å². The van der Waals surface area contributed by atoms with Crippen molar-refractivity contribution in [2.24, 2.45) is 5.10 Å². The van der Waals surface area contributed by atoms with Crippen molar-refractivity contribution >= 4 is 23.2 Å². The fraction of sp³-hybridized carbons (Fsp3) is 0.440. The van der Waals surface area contributed by atoms with Gasteiger partial charge in [-0.2, -0.15) is 5.10 Å². The molecule has 2 atom stereocenters. The molecule has 0 saturated carbocycles. The maximum Gasteiger partial charge on any atom is 0.257 e. The molecule has 1 fully saturated rings. The number of piperidine rings is 1. The molecule has 6 nitrogen and oxygen atoms in total. The van der Waals surface area contributed by atoms with Gasteiger partial charge in [-0.15, -0.1) is 0 Å². The van der Waals surface area contributed by atoms with E-state index in [2.05, 4.69) is 11.8 Å². The molecule has 4 rings (SSSR count). The van der Waals surface area contributed by atoms with Crippen LogP contribution >= 0.6 is 11.6 Å². The van der Waals surface area contributed by atoms with Crippen molar-refractivity contribution in [3.05, 3.63) is 58.6 Å². The predicted molar refractivity (Wildman–Crippen MR) is 127 cm³/mol. The Morgan fingerprint density at radius 3 is 2.69 bits per heavy atom. The first-order valence-corrected chi connectivity index (χ1v) is 11.5. The van der Waals surface area contributed by atoms with Crippen LogP contribution in [0.5, 0.6) is 11.5 Å². The number of likely N-dealkylation sites (tertiary alicyclic amines) is 1. The van der Waals surface area contributed by atoms with Crippen molar-refractivity contribution in [3.8, 4) is 11.5 Å². The second-order valence-electron chi connectivity index (χ2n) is 8.41. The van der Waals surface area contributed by atoms with E-state index in [9.17, 15) is 4.79 Å². The first kappa shape index (κ1) is 22.6. The van der Waals surface area contributed by atoms with Crippen LogP contribution in [-0.2, 0) is 4.79 Å². The number of benzene rings is 2. The van der Waals surface area contributed by atoms with Gasteiger partial charge < -0.3 is 9.47 Å². The number of halogens is 1. The molecule has 0 bridgehead atoms. The first-order valence-electron chi connectivity index (χ1n) is 11.1. The van der Waals surface area contributed by atoms with E-state index in [1.54, 1.807) is 19.2 Å².